The molecular formula is C26H34N2O2S. The van der Waals surface area contributed by atoms with E-state index in [1.54, 1.807) is 11.3 Å². The quantitative estimate of drug-likeness (QED) is 0.600. The van der Waals surface area contributed by atoms with Gasteiger partial charge >= 0.3 is 0 Å². The molecule has 0 unspecified atom stereocenters. The Hall–Kier alpha value is -1.36. The highest BCUT2D eigenvalue weighted by Gasteiger charge is 2.56. The van der Waals surface area contributed by atoms with Gasteiger partial charge in [-0.2, -0.15) is 0 Å². The minimum Gasteiger partial charge on any atom is -0.323 e. The van der Waals surface area contributed by atoms with Crippen LogP contribution in [0.3, 0.4) is 0 Å². The van der Waals surface area contributed by atoms with E-state index in [4.69, 9.17) is 0 Å². The summed E-state index contributed by atoms with van der Waals surface area (Å²) in [4.78, 5) is 27.0. The van der Waals surface area contributed by atoms with Crippen LogP contribution in [0, 0.1) is 46.3 Å². The van der Waals surface area contributed by atoms with Crippen molar-refractivity contribution < 1.29 is 9.59 Å². The third-order valence-electron chi connectivity index (χ3n) is 10.2. The van der Waals surface area contributed by atoms with Crippen molar-refractivity contribution in [2.45, 2.75) is 77.0 Å². The van der Waals surface area contributed by atoms with Crippen LogP contribution < -0.4 is 10.6 Å². The van der Waals surface area contributed by atoms with Crippen molar-refractivity contribution in [2.75, 3.05) is 10.6 Å². The molecule has 166 valence electrons. The van der Waals surface area contributed by atoms with E-state index in [0.717, 1.165) is 85.4 Å². The van der Waals surface area contributed by atoms with Gasteiger partial charge in [0.25, 0.3) is 0 Å². The van der Waals surface area contributed by atoms with E-state index < -0.39 is 0 Å². The highest BCUT2D eigenvalue weighted by Crippen LogP contribution is 2.61. The molecule has 8 bridgehead atoms. The van der Waals surface area contributed by atoms with Gasteiger partial charge in [-0.25, -0.2) is 0 Å². The summed E-state index contributed by atoms with van der Waals surface area (Å²) >= 11 is 1.57. The number of nitrogens with one attached hydrogen (secondary N) is 2. The largest absolute Gasteiger partial charge is 0.323 e. The number of rotatable bonds is 4. The van der Waals surface area contributed by atoms with Crippen LogP contribution in [0.1, 0.15) is 77.0 Å². The summed E-state index contributed by atoms with van der Waals surface area (Å²) in [6, 6.07) is 0. The van der Waals surface area contributed by atoms with Gasteiger partial charge in [0.2, 0.25) is 11.8 Å². The summed E-state index contributed by atoms with van der Waals surface area (Å²) in [7, 11) is 0. The minimum atomic E-state index is -0.155. The van der Waals surface area contributed by atoms with Gasteiger partial charge in [0.1, 0.15) is 0 Å². The molecule has 8 aliphatic rings. The van der Waals surface area contributed by atoms with Crippen LogP contribution in [0.25, 0.3) is 0 Å². The molecule has 31 heavy (non-hydrogen) atoms. The lowest BCUT2D eigenvalue weighted by Crippen LogP contribution is -2.52. The summed E-state index contributed by atoms with van der Waals surface area (Å²) in [5, 5.41) is 10.6. The van der Waals surface area contributed by atoms with Crippen LogP contribution >= 0.6 is 11.3 Å². The van der Waals surface area contributed by atoms with Gasteiger partial charge < -0.3 is 10.6 Å². The number of carbonyl (C=O) groups is 2. The van der Waals surface area contributed by atoms with Gasteiger partial charge in [-0.1, -0.05) is 0 Å². The number of hydrogen-bond donors (Lipinski definition) is 2. The maximum atomic E-state index is 13.5. The third kappa shape index (κ3) is 2.98. The van der Waals surface area contributed by atoms with Gasteiger partial charge in [-0.3, -0.25) is 9.59 Å². The highest BCUT2D eigenvalue weighted by molar-refractivity contribution is 7.09. The molecule has 0 spiro atoms. The predicted molar refractivity (Wildman–Crippen MR) is 123 cm³/mol. The summed E-state index contributed by atoms with van der Waals surface area (Å²) < 4.78 is 0. The van der Waals surface area contributed by atoms with Crippen LogP contribution in [0.15, 0.2) is 10.8 Å². The van der Waals surface area contributed by atoms with E-state index in [1.807, 2.05) is 10.8 Å². The fourth-order valence-corrected chi connectivity index (χ4v) is 10.5. The van der Waals surface area contributed by atoms with Crippen molar-refractivity contribution in [1.29, 1.82) is 0 Å². The van der Waals surface area contributed by atoms with Crippen LogP contribution in [-0.2, 0) is 9.59 Å². The number of hydrogen-bond acceptors (Lipinski definition) is 3. The van der Waals surface area contributed by atoms with Crippen molar-refractivity contribution in [2.24, 2.45) is 46.3 Å². The van der Waals surface area contributed by atoms with Crippen molar-refractivity contribution in [3.05, 3.63) is 10.8 Å². The molecule has 0 aliphatic heterocycles. The molecule has 8 fully saturated rings. The molecule has 9 rings (SSSR count). The van der Waals surface area contributed by atoms with Crippen molar-refractivity contribution in [1.82, 2.24) is 0 Å². The lowest BCUT2D eigenvalue weighted by atomic mass is 9.49. The molecule has 0 saturated heterocycles. The average molecular weight is 439 g/mol. The molecule has 1 heterocycles. The van der Waals surface area contributed by atoms with E-state index in [9.17, 15) is 9.59 Å². The van der Waals surface area contributed by atoms with Crippen LogP contribution in [-0.4, -0.2) is 11.8 Å². The molecule has 8 saturated carbocycles. The predicted octanol–water partition coefficient (Wildman–Crippen LogP) is 6.06. The average Bonchev–Trinajstić information content (AvgIpc) is 3.12. The molecule has 0 radical (unpaired) electrons. The smallest absolute Gasteiger partial charge is 0.230 e. The molecule has 1 aromatic rings. The molecule has 5 heteroatoms. The standard InChI is InChI=1S/C26H34N2O2S/c29-23(25-7-15-1-16(8-25)3-17(2-15)9-25)27-21-13-31-14-22(21)28-24(30)26-10-18-4-19(11-26)6-20(5-18)12-26/h13-20H,1-12H2,(H,27,29)(H,28,30). The van der Waals surface area contributed by atoms with E-state index in [-0.39, 0.29) is 22.6 Å². The highest BCUT2D eigenvalue weighted by atomic mass is 32.1. The van der Waals surface area contributed by atoms with Crippen LogP contribution in [0.4, 0.5) is 11.4 Å². The molecule has 1 aromatic heterocycles. The number of amides is 2. The monoisotopic (exact) mass is 438 g/mol. The first kappa shape index (κ1) is 19.1. The Morgan fingerprint density at radius 2 is 0.903 bits per heavy atom. The zero-order valence-corrected chi connectivity index (χ0v) is 19.1. The Morgan fingerprint density at radius 3 is 1.19 bits per heavy atom. The van der Waals surface area contributed by atoms with Gasteiger partial charge in [-0.05, 0) is 113 Å². The van der Waals surface area contributed by atoms with E-state index in [2.05, 4.69) is 10.6 Å². The van der Waals surface area contributed by atoms with E-state index >= 15 is 0 Å². The molecule has 0 aromatic carbocycles. The summed E-state index contributed by atoms with van der Waals surface area (Å²) in [5.41, 5.74) is 1.34. The Labute approximate surface area is 188 Å². The number of anilines is 2. The van der Waals surface area contributed by atoms with Crippen LogP contribution in [0.5, 0.6) is 0 Å². The first-order valence-corrected chi connectivity index (χ1v) is 13.6. The third-order valence-corrected chi connectivity index (χ3v) is 10.9. The van der Waals surface area contributed by atoms with E-state index in [1.165, 1.54) is 38.5 Å². The fourth-order valence-electron chi connectivity index (χ4n) is 9.78. The molecule has 2 amide bonds. The molecule has 4 nitrogen and oxygen atoms in total. The van der Waals surface area contributed by atoms with Gasteiger partial charge in [0.15, 0.2) is 0 Å². The van der Waals surface area contributed by atoms with Crippen molar-refractivity contribution in [3.63, 3.8) is 0 Å². The zero-order chi connectivity index (χ0) is 20.8. The van der Waals surface area contributed by atoms with Gasteiger partial charge in [0, 0.05) is 10.8 Å². The molecule has 8 aliphatic carbocycles. The topological polar surface area (TPSA) is 58.2 Å². The van der Waals surface area contributed by atoms with Gasteiger partial charge in [-0.15, -0.1) is 11.3 Å². The zero-order valence-electron chi connectivity index (χ0n) is 18.3. The first-order chi connectivity index (χ1) is 15.0. The lowest BCUT2D eigenvalue weighted by molar-refractivity contribution is -0.141. The maximum absolute atomic E-state index is 13.5. The van der Waals surface area contributed by atoms with E-state index in [0.29, 0.717) is 0 Å². The SMILES string of the molecule is O=C(Nc1cscc1NC(=O)C12CC3CC(CC(C3)C1)C2)C12CC3CC(CC(C3)C1)C2. The molecule has 0 atom stereocenters. The Balaban J connectivity index is 1.08. The Bertz CT molecular complexity index is 791. The number of thiophene rings is 1. The Kier molecular flexibility index (Phi) is 4.07. The second-order valence-electron chi connectivity index (χ2n) is 12.5. The molecular weight excluding hydrogens is 404 g/mol. The van der Waals surface area contributed by atoms with Crippen LogP contribution in [0.2, 0.25) is 0 Å². The second kappa shape index (κ2) is 6.59. The van der Waals surface area contributed by atoms with Crippen molar-refractivity contribution in [3.8, 4) is 0 Å². The summed E-state index contributed by atoms with van der Waals surface area (Å²) in [6.45, 7) is 0. The number of carbonyl (C=O) groups excluding carboxylic acids is 2. The summed E-state index contributed by atoms with van der Waals surface area (Å²) in [5.74, 6) is 4.99. The second-order valence-corrected chi connectivity index (χ2v) is 13.2. The minimum absolute atomic E-state index is 0.155. The lowest BCUT2D eigenvalue weighted by Gasteiger charge is -2.55. The normalized spacial score (nSPS) is 46.3. The maximum Gasteiger partial charge on any atom is 0.230 e. The van der Waals surface area contributed by atoms with Crippen molar-refractivity contribution >= 4 is 34.5 Å². The summed E-state index contributed by atoms with van der Waals surface area (Å²) in [6.07, 6.45) is 14.5. The Morgan fingerprint density at radius 1 is 0.613 bits per heavy atom. The fraction of sp³-hybridized carbons (Fsp3) is 0.769. The molecule has 2 N–H and O–H groups in total. The van der Waals surface area contributed by atoms with Gasteiger partial charge in [0.05, 0.1) is 22.2 Å². The first-order valence-electron chi connectivity index (χ1n) is 12.7.